The third-order valence-corrected chi connectivity index (χ3v) is 5.37. The van der Waals surface area contributed by atoms with Crippen molar-refractivity contribution in [3.05, 3.63) is 24.5 Å². The molecular weight excluding hydrogens is 297 g/mol. The fourth-order valence-electron chi connectivity index (χ4n) is 3.91. The van der Waals surface area contributed by atoms with Crippen molar-refractivity contribution in [3.8, 4) is 0 Å². The minimum absolute atomic E-state index is 0.206. The molecular formula is C17H22FN3O2. The lowest BCUT2D eigenvalue weighted by molar-refractivity contribution is -0.149. The molecule has 0 bridgehead atoms. The number of alkyl halides is 1. The summed E-state index contributed by atoms with van der Waals surface area (Å²) < 4.78 is 20.4. The Bertz CT molecular complexity index is 593. The lowest BCUT2D eigenvalue weighted by Gasteiger charge is -2.36. The first-order chi connectivity index (χ1) is 11.1. The fraction of sp³-hybridized carbons (Fsp3) is 0.647. The van der Waals surface area contributed by atoms with Crippen LogP contribution in [-0.4, -0.2) is 52.8 Å². The molecule has 23 heavy (non-hydrogen) atoms. The Morgan fingerprint density at radius 2 is 2.30 bits per heavy atom. The topological polar surface area (TPSA) is 54.5 Å². The zero-order valence-corrected chi connectivity index (χ0v) is 13.1. The number of anilines is 1. The highest BCUT2D eigenvalue weighted by Gasteiger charge is 2.52. The van der Waals surface area contributed by atoms with Gasteiger partial charge in [-0.15, -0.1) is 0 Å². The van der Waals surface area contributed by atoms with Gasteiger partial charge in [0.05, 0.1) is 23.9 Å². The zero-order valence-electron chi connectivity index (χ0n) is 13.1. The summed E-state index contributed by atoms with van der Waals surface area (Å²) in [6.45, 7) is 1.73. The number of rotatable bonds is 3. The van der Waals surface area contributed by atoms with Gasteiger partial charge in [0, 0.05) is 31.9 Å². The largest absolute Gasteiger partial charge is 0.379 e. The van der Waals surface area contributed by atoms with E-state index in [2.05, 4.69) is 10.3 Å². The summed E-state index contributed by atoms with van der Waals surface area (Å²) in [5.74, 6) is -0.326. The Hall–Kier alpha value is -1.69. The van der Waals surface area contributed by atoms with E-state index in [0.29, 0.717) is 32.5 Å². The summed E-state index contributed by atoms with van der Waals surface area (Å²) in [4.78, 5) is 18.1. The van der Waals surface area contributed by atoms with Crippen LogP contribution in [0.1, 0.15) is 32.1 Å². The second-order valence-corrected chi connectivity index (χ2v) is 7.08. The molecule has 1 spiro atoms. The second kappa shape index (κ2) is 5.44. The maximum atomic E-state index is 14.3. The molecule has 1 amide bonds. The van der Waals surface area contributed by atoms with Crippen molar-refractivity contribution in [2.24, 2.45) is 0 Å². The Kier molecular flexibility index (Phi) is 3.52. The first-order valence-electron chi connectivity index (χ1n) is 8.38. The number of ether oxygens (including phenoxy) is 1. The number of likely N-dealkylation sites (tertiary alicyclic amines) is 1. The zero-order chi connectivity index (χ0) is 15.9. The summed E-state index contributed by atoms with van der Waals surface area (Å²) in [6, 6.07) is 4.08. The van der Waals surface area contributed by atoms with Gasteiger partial charge in [-0.25, -0.2) is 4.39 Å². The number of carbonyl (C=O) groups is 1. The number of hydrogen-bond acceptors (Lipinski definition) is 4. The highest BCUT2D eigenvalue weighted by Crippen LogP contribution is 2.41. The van der Waals surface area contributed by atoms with Crippen molar-refractivity contribution in [1.82, 2.24) is 9.88 Å². The summed E-state index contributed by atoms with van der Waals surface area (Å²) >= 11 is 0. The van der Waals surface area contributed by atoms with Gasteiger partial charge in [-0.3, -0.25) is 9.78 Å². The van der Waals surface area contributed by atoms with E-state index < -0.39 is 5.67 Å². The summed E-state index contributed by atoms with van der Waals surface area (Å²) in [6.07, 6.45) is 6.73. The van der Waals surface area contributed by atoms with Gasteiger partial charge >= 0.3 is 0 Å². The molecule has 2 unspecified atom stereocenters. The number of pyridine rings is 1. The van der Waals surface area contributed by atoms with Gasteiger partial charge in [-0.2, -0.15) is 0 Å². The van der Waals surface area contributed by atoms with Crippen LogP contribution in [0.5, 0.6) is 0 Å². The lowest BCUT2D eigenvalue weighted by atomic mass is 9.81. The van der Waals surface area contributed by atoms with E-state index in [4.69, 9.17) is 4.74 Å². The van der Waals surface area contributed by atoms with Crippen LogP contribution in [0.4, 0.5) is 10.1 Å². The van der Waals surface area contributed by atoms with Gasteiger partial charge in [-0.1, -0.05) is 0 Å². The van der Waals surface area contributed by atoms with Gasteiger partial charge in [0.1, 0.15) is 0 Å². The molecule has 2 aliphatic heterocycles. The Labute approximate surface area is 135 Å². The monoisotopic (exact) mass is 319 g/mol. The fourth-order valence-corrected chi connectivity index (χ4v) is 3.91. The van der Waals surface area contributed by atoms with Crippen molar-refractivity contribution < 1.29 is 13.9 Å². The first-order valence-corrected chi connectivity index (χ1v) is 8.38. The Balaban J connectivity index is 1.37. The molecule has 3 aliphatic rings. The van der Waals surface area contributed by atoms with Crippen molar-refractivity contribution in [2.75, 3.05) is 25.0 Å². The number of hydrogen-bond donors (Lipinski definition) is 1. The van der Waals surface area contributed by atoms with E-state index in [1.54, 1.807) is 17.3 Å². The normalized spacial score (nSPS) is 32.0. The van der Waals surface area contributed by atoms with E-state index in [1.807, 2.05) is 12.1 Å². The molecule has 2 atom stereocenters. The predicted octanol–water partition coefficient (Wildman–Crippen LogP) is 2.15. The Morgan fingerprint density at radius 1 is 1.43 bits per heavy atom. The maximum Gasteiger partial charge on any atom is 0.260 e. The SMILES string of the molecule is O=C(N1CCC2(CC(Nc3cccnc3)CO2)C1)C1(F)CCC1. The average Bonchev–Trinajstić information content (AvgIpc) is 3.13. The smallest absolute Gasteiger partial charge is 0.260 e. The number of amides is 1. The number of carbonyl (C=O) groups excluding carboxylic acids is 1. The van der Waals surface area contributed by atoms with E-state index in [9.17, 15) is 9.18 Å². The van der Waals surface area contributed by atoms with E-state index >= 15 is 0 Å². The molecule has 4 rings (SSSR count). The quantitative estimate of drug-likeness (QED) is 0.927. The number of nitrogens with one attached hydrogen (secondary N) is 1. The molecule has 1 aromatic heterocycles. The molecule has 1 saturated carbocycles. The van der Waals surface area contributed by atoms with Gasteiger partial charge in [0.25, 0.3) is 5.91 Å². The molecule has 6 heteroatoms. The van der Waals surface area contributed by atoms with Crippen LogP contribution in [0.3, 0.4) is 0 Å². The van der Waals surface area contributed by atoms with Crippen LogP contribution < -0.4 is 5.32 Å². The number of nitrogens with zero attached hydrogens (tertiary/aromatic N) is 2. The molecule has 5 nitrogen and oxygen atoms in total. The molecule has 124 valence electrons. The van der Waals surface area contributed by atoms with Gasteiger partial charge in [-0.05, 0) is 37.8 Å². The first kappa shape index (κ1) is 14.9. The van der Waals surface area contributed by atoms with E-state index in [0.717, 1.165) is 24.9 Å². The van der Waals surface area contributed by atoms with Crippen LogP contribution in [0.2, 0.25) is 0 Å². The van der Waals surface area contributed by atoms with E-state index in [-0.39, 0.29) is 17.6 Å². The summed E-state index contributed by atoms with van der Waals surface area (Å²) in [7, 11) is 0. The van der Waals surface area contributed by atoms with Gasteiger partial charge < -0.3 is 15.0 Å². The average molecular weight is 319 g/mol. The molecule has 0 radical (unpaired) electrons. The van der Waals surface area contributed by atoms with Crippen molar-refractivity contribution in [1.29, 1.82) is 0 Å². The molecule has 1 N–H and O–H groups in total. The third-order valence-electron chi connectivity index (χ3n) is 5.37. The molecule has 3 fully saturated rings. The van der Waals surface area contributed by atoms with Gasteiger partial charge in [0.2, 0.25) is 0 Å². The molecule has 1 aliphatic carbocycles. The van der Waals surface area contributed by atoms with Gasteiger partial charge in [0.15, 0.2) is 5.67 Å². The molecule has 2 saturated heterocycles. The minimum Gasteiger partial charge on any atom is -0.379 e. The van der Waals surface area contributed by atoms with Crippen LogP contribution in [0.15, 0.2) is 24.5 Å². The standard InChI is InChI=1S/C17H22FN3O2/c18-17(4-2-5-17)15(22)21-8-6-16(12-21)9-14(11-23-16)20-13-3-1-7-19-10-13/h1,3,7,10,14,20H,2,4-6,8-9,11-12H2. The van der Waals surface area contributed by atoms with Crippen LogP contribution in [0, 0.1) is 0 Å². The summed E-state index contributed by atoms with van der Waals surface area (Å²) in [5.41, 5.74) is -0.936. The van der Waals surface area contributed by atoms with Crippen molar-refractivity contribution >= 4 is 11.6 Å². The highest BCUT2D eigenvalue weighted by molar-refractivity contribution is 5.86. The summed E-state index contributed by atoms with van der Waals surface area (Å²) in [5, 5.41) is 3.42. The predicted molar refractivity (Wildman–Crippen MR) is 83.8 cm³/mol. The van der Waals surface area contributed by atoms with Crippen LogP contribution >= 0.6 is 0 Å². The number of aromatic nitrogens is 1. The van der Waals surface area contributed by atoms with Crippen LogP contribution in [-0.2, 0) is 9.53 Å². The van der Waals surface area contributed by atoms with Crippen LogP contribution in [0.25, 0.3) is 0 Å². The Morgan fingerprint density at radius 3 is 3.00 bits per heavy atom. The minimum atomic E-state index is -1.60. The highest BCUT2D eigenvalue weighted by atomic mass is 19.1. The molecule has 0 aromatic carbocycles. The number of halogens is 1. The molecule has 1 aromatic rings. The third kappa shape index (κ3) is 2.69. The van der Waals surface area contributed by atoms with Crippen molar-refractivity contribution in [3.63, 3.8) is 0 Å². The van der Waals surface area contributed by atoms with E-state index in [1.165, 1.54) is 0 Å². The molecule has 3 heterocycles. The maximum absolute atomic E-state index is 14.3. The second-order valence-electron chi connectivity index (χ2n) is 7.08. The lowest BCUT2D eigenvalue weighted by Crippen LogP contribution is -2.50. The van der Waals surface area contributed by atoms with Crippen molar-refractivity contribution in [2.45, 2.75) is 49.4 Å².